The van der Waals surface area contributed by atoms with Gasteiger partial charge in [0.25, 0.3) is 0 Å². The zero-order chi connectivity index (χ0) is 43.5. The fourth-order valence-corrected chi connectivity index (χ4v) is 7.08. The summed E-state index contributed by atoms with van der Waals surface area (Å²) in [6.45, 7) is 7.87. The minimum atomic E-state index is -1.25. The molecule has 5 aromatic carbocycles. The Hall–Kier alpha value is -6.76. The average Bonchev–Trinajstić information content (AvgIpc) is 3.56. The van der Waals surface area contributed by atoms with E-state index in [4.69, 9.17) is 14.2 Å². The quantitative estimate of drug-likeness (QED) is 0.0792. The highest BCUT2D eigenvalue weighted by Gasteiger charge is 2.31. The van der Waals surface area contributed by atoms with Crippen molar-refractivity contribution >= 4 is 24.0 Å². The lowest BCUT2D eigenvalue weighted by molar-refractivity contribution is -0.130. The van der Waals surface area contributed by atoms with E-state index in [-0.39, 0.29) is 44.0 Å². The molecule has 4 amide bonds. The molecule has 318 valence electrons. The molecule has 5 aromatic rings. The second-order valence-corrected chi connectivity index (χ2v) is 15.7. The maximum atomic E-state index is 14.3. The molecular formula is C48H50F2N4O7. The summed E-state index contributed by atoms with van der Waals surface area (Å²) in [5.41, 5.74) is 6.14. The number of carbonyl (C=O) groups is 4. The van der Waals surface area contributed by atoms with E-state index in [1.165, 1.54) is 6.07 Å². The van der Waals surface area contributed by atoms with Crippen LogP contribution in [0.4, 0.5) is 18.4 Å². The topological polar surface area (TPSA) is 144 Å². The maximum Gasteiger partial charge on any atom is 0.408 e. The summed E-state index contributed by atoms with van der Waals surface area (Å²) >= 11 is 0. The second kappa shape index (κ2) is 20.0. The monoisotopic (exact) mass is 832 g/mol. The standard InChI is InChI=1S/C48H50F2N4O7/c1-5-59-34-21-18-30(19-22-34)25-43(54-47(58)61-48(2,3)4)45(56)53-42(26-33-20-23-40(49)41(50)24-33)44(55)51-27-31-14-16-32(17-15-31)28-52-46(57)60-29-39-37-12-8-6-10-35(37)36-11-7-9-13-38(36)39/h6-24,39,42-43H,5,25-29H2,1-4H3,(H,51,55)(H,52,57)(H,53,56)(H,54,58)/t42-,43+/m0/s1. The van der Waals surface area contributed by atoms with Gasteiger partial charge < -0.3 is 35.5 Å². The Morgan fingerprint density at radius 3 is 1.75 bits per heavy atom. The third kappa shape index (κ3) is 12.2. The van der Waals surface area contributed by atoms with E-state index in [1.807, 2.05) is 31.2 Å². The lowest BCUT2D eigenvalue weighted by atomic mass is 9.98. The van der Waals surface area contributed by atoms with Gasteiger partial charge in [0.2, 0.25) is 11.8 Å². The molecule has 61 heavy (non-hydrogen) atoms. The predicted octanol–water partition coefficient (Wildman–Crippen LogP) is 7.88. The molecule has 0 fully saturated rings. The van der Waals surface area contributed by atoms with Gasteiger partial charge in [0.05, 0.1) is 6.61 Å². The first-order chi connectivity index (χ1) is 29.3. The number of alkyl carbamates (subject to hydrolysis) is 2. The number of nitrogens with one attached hydrogen (secondary N) is 4. The van der Waals surface area contributed by atoms with Gasteiger partial charge in [0.15, 0.2) is 11.6 Å². The number of hydrogen-bond donors (Lipinski definition) is 4. The van der Waals surface area contributed by atoms with Crippen molar-refractivity contribution in [1.29, 1.82) is 0 Å². The van der Waals surface area contributed by atoms with Crippen molar-refractivity contribution in [3.8, 4) is 16.9 Å². The Bertz CT molecular complexity index is 2290. The Morgan fingerprint density at radius 1 is 0.623 bits per heavy atom. The first kappa shape index (κ1) is 43.8. The minimum absolute atomic E-state index is 0.0412. The number of benzene rings is 5. The van der Waals surface area contributed by atoms with Crippen LogP contribution in [0.25, 0.3) is 11.1 Å². The van der Waals surface area contributed by atoms with E-state index >= 15 is 0 Å². The van der Waals surface area contributed by atoms with Gasteiger partial charge in [-0.15, -0.1) is 0 Å². The molecule has 0 spiro atoms. The summed E-state index contributed by atoms with van der Waals surface area (Å²) in [6, 6.07) is 31.2. The largest absolute Gasteiger partial charge is 0.494 e. The number of amides is 4. The van der Waals surface area contributed by atoms with E-state index in [0.717, 1.165) is 45.5 Å². The van der Waals surface area contributed by atoms with Crippen molar-refractivity contribution in [1.82, 2.24) is 21.3 Å². The molecule has 11 nitrogen and oxygen atoms in total. The normalized spacial score (nSPS) is 12.9. The van der Waals surface area contributed by atoms with E-state index in [0.29, 0.717) is 17.9 Å². The van der Waals surface area contributed by atoms with Crippen LogP contribution in [0.2, 0.25) is 0 Å². The van der Waals surface area contributed by atoms with E-state index in [1.54, 1.807) is 69.3 Å². The van der Waals surface area contributed by atoms with Crippen molar-refractivity contribution in [2.75, 3.05) is 13.2 Å². The smallest absolute Gasteiger partial charge is 0.408 e. The molecule has 0 heterocycles. The molecule has 0 radical (unpaired) electrons. The molecule has 0 aliphatic heterocycles. The summed E-state index contributed by atoms with van der Waals surface area (Å²) in [5, 5.41) is 10.9. The zero-order valence-corrected chi connectivity index (χ0v) is 34.6. The van der Waals surface area contributed by atoms with Crippen LogP contribution in [0, 0.1) is 11.6 Å². The van der Waals surface area contributed by atoms with E-state index in [2.05, 4.69) is 45.5 Å². The minimum Gasteiger partial charge on any atom is -0.494 e. The lowest BCUT2D eigenvalue weighted by Gasteiger charge is -2.25. The third-order valence-electron chi connectivity index (χ3n) is 10.0. The summed E-state index contributed by atoms with van der Waals surface area (Å²) in [6.07, 6.45) is -1.52. The first-order valence-corrected chi connectivity index (χ1v) is 20.2. The first-order valence-electron chi connectivity index (χ1n) is 20.2. The fourth-order valence-electron chi connectivity index (χ4n) is 7.08. The Morgan fingerprint density at radius 2 is 1.16 bits per heavy atom. The molecule has 0 saturated heterocycles. The summed E-state index contributed by atoms with van der Waals surface area (Å²) in [5.74, 6) is -2.88. The van der Waals surface area contributed by atoms with Gasteiger partial charge in [-0.05, 0) is 96.5 Å². The zero-order valence-electron chi connectivity index (χ0n) is 34.6. The van der Waals surface area contributed by atoms with Gasteiger partial charge in [-0.1, -0.05) is 91.0 Å². The van der Waals surface area contributed by atoms with Gasteiger partial charge in [-0.2, -0.15) is 0 Å². The molecule has 0 bridgehead atoms. The van der Waals surface area contributed by atoms with Crippen molar-refractivity contribution in [2.24, 2.45) is 0 Å². The Kier molecular flexibility index (Phi) is 14.4. The van der Waals surface area contributed by atoms with Crippen LogP contribution in [-0.2, 0) is 45.0 Å². The van der Waals surface area contributed by atoms with Crippen LogP contribution in [0.1, 0.15) is 67.0 Å². The van der Waals surface area contributed by atoms with Crippen LogP contribution in [0.5, 0.6) is 5.75 Å². The van der Waals surface area contributed by atoms with Gasteiger partial charge in [-0.3, -0.25) is 9.59 Å². The van der Waals surface area contributed by atoms with E-state index in [9.17, 15) is 28.0 Å². The Balaban J connectivity index is 1.07. The van der Waals surface area contributed by atoms with Gasteiger partial charge in [0, 0.05) is 31.8 Å². The van der Waals surface area contributed by atoms with Crippen LogP contribution >= 0.6 is 0 Å². The maximum absolute atomic E-state index is 14.3. The molecule has 0 aromatic heterocycles. The lowest BCUT2D eigenvalue weighted by Crippen LogP contribution is -2.55. The molecule has 6 rings (SSSR count). The summed E-state index contributed by atoms with van der Waals surface area (Å²) in [7, 11) is 0. The van der Waals surface area contributed by atoms with Crippen LogP contribution in [0.3, 0.4) is 0 Å². The SMILES string of the molecule is CCOc1ccc(C[C@@H](NC(=O)OC(C)(C)C)C(=O)N[C@@H](Cc2ccc(F)c(F)c2)C(=O)NCc2ccc(CNC(=O)OCC3c4ccccc4-c4ccccc43)cc2)cc1. The number of carbonyl (C=O) groups excluding carboxylic acids is 4. The van der Waals surface area contributed by atoms with Crippen LogP contribution < -0.4 is 26.0 Å². The van der Waals surface area contributed by atoms with Crippen LogP contribution in [-0.4, -0.2) is 54.9 Å². The van der Waals surface area contributed by atoms with Crippen molar-refractivity contribution in [2.45, 2.75) is 77.2 Å². The summed E-state index contributed by atoms with van der Waals surface area (Å²) < 4.78 is 44.7. The number of rotatable bonds is 16. The highest BCUT2D eigenvalue weighted by atomic mass is 19.2. The van der Waals surface area contributed by atoms with Gasteiger partial charge in [0.1, 0.15) is 30.0 Å². The predicted molar refractivity (Wildman–Crippen MR) is 227 cm³/mol. The van der Waals surface area contributed by atoms with Crippen molar-refractivity contribution < 1.29 is 42.2 Å². The molecule has 1 aliphatic rings. The Labute approximate surface area is 354 Å². The molecular weight excluding hydrogens is 783 g/mol. The number of halogens is 2. The number of hydrogen-bond acceptors (Lipinski definition) is 7. The molecule has 2 atom stereocenters. The molecule has 1 aliphatic carbocycles. The van der Waals surface area contributed by atoms with Crippen LogP contribution in [0.15, 0.2) is 115 Å². The molecule has 13 heteroatoms. The summed E-state index contributed by atoms with van der Waals surface area (Å²) in [4.78, 5) is 53.3. The average molecular weight is 833 g/mol. The fraction of sp³-hybridized carbons (Fsp3) is 0.292. The van der Waals surface area contributed by atoms with Gasteiger partial charge in [-0.25, -0.2) is 18.4 Å². The molecule has 0 saturated carbocycles. The highest BCUT2D eigenvalue weighted by molar-refractivity contribution is 5.91. The van der Waals surface area contributed by atoms with Crippen molar-refractivity contribution in [3.63, 3.8) is 0 Å². The number of ether oxygens (including phenoxy) is 3. The van der Waals surface area contributed by atoms with E-state index < -0.39 is 53.3 Å². The van der Waals surface area contributed by atoms with Gasteiger partial charge >= 0.3 is 12.2 Å². The molecule has 0 unspecified atom stereocenters. The number of fused-ring (bicyclic) bond motifs is 3. The highest BCUT2D eigenvalue weighted by Crippen LogP contribution is 2.44. The third-order valence-corrected chi connectivity index (χ3v) is 10.0. The van der Waals surface area contributed by atoms with Crippen molar-refractivity contribution in [3.05, 3.63) is 160 Å². The second-order valence-electron chi connectivity index (χ2n) is 15.7. The molecule has 4 N–H and O–H groups in total.